The number of carbonyl (C=O) groups is 1. The standard InChI is InChI=1S/C16H18O3/c1-8(2)11-7-4-9(3)12-13(10-5-6-10)15(16(17)18)19-14(11)12/h4,7-8,10H,5-6H2,1-3H3,(H,17,18). The lowest BCUT2D eigenvalue weighted by Gasteiger charge is -2.07. The number of carboxylic acid groups (broad SMARTS) is 1. The minimum absolute atomic E-state index is 0.147. The zero-order valence-corrected chi connectivity index (χ0v) is 11.5. The number of carboxylic acids is 1. The summed E-state index contributed by atoms with van der Waals surface area (Å²) in [6.45, 7) is 6.23. The van der Waals surface area contributed by atoms with Gasteiger partial charge in [0.1, 0.15) is 5.58 Å². The van der Waals surface area contributed by atoms with E-state index in [2.05, 4.69) is 19.9 Å². The summed E-state index contributed by atoms with van der Waals surface area (Å²) in [5.41, 5.74) is 3.89. The Balaban J connectivity index is 2.39. The van der Waals surface area contributed by atoms with Crippen LogP contribution >= 0.6 is 0 Å². The normalized spacial score (nSPS) is 15.4. The van der Waals surface area contributed by atoms with Gasteiger partial charge in [-0.1, -0.05) is 26.0 Å². The molecule has 0 spiro atoms. The van der Waals surface area contributed by atoms with E-state index >= 15 is 0 Å². The summed E-state index contributed by atoms with van der Waals surface area (Å²) in [5, 5.41) is 10.4. The summed E-state index contributed by atoms with van der Waals surface area (Å²) in [4.78, 5) is 11.4. The molecule has 0 aliphatic heterocycles. The Morgan fingerprint density at radius 3 is 2.58 bits per heavy atom. The van der Waals surface area contributed by atoms with Crippen molar-refractivity contribution in [3.8, 4) is 0 Å². The van der Waals surface area contributed by atoms with Crippen LogP contribution in [-0.4, -0.2) is 11.1 Å². The highest BCUT2D eigenvalue weighted by Gasteiger charge is 2.34. The summed E-state index contributed by atoms with van der Waals surface area (Å²) >= 11 is 0. The van der Waals surface area contributed by atoms with Crippen molar-refractivity contribution in [2.24, 2.45) is 0 Å². The summed E-state index contributed by atoms with van der Waals surface area (Å²) in [6, 6.07) is 4.12. The first-order valence-corrected chi connectivity index (χ1v) is 6.80. The van der Waals surface area contributed by atoms with Gasteiger partial charge in [0.05, 0.1) is 0 Å². The van der Waals surface area contributed by atoms with Gasteiger partial charge in [0.25, 0.3) is 0 Å². The molecule has 0 bridgehead atoms. The van der Waals surface area contributed by atoms with E-state index in [1.165, 1.54) is 0 Å². The van der Waals surface area contributed by atoms with Crippen molar-refractivity contribution in [1.82, 2.24) is 0 Å². The monoisotopic (exact) mass is 258 g/mol. The molecule has 1 N–H and O–H groups in total. The van der Waals surface area contributed by atoms with Crippen LogP contribution in [0.25, 0.3) is 11.0 Å². The first-order valence-electron chi connectivity index (χ1n) is 6.80. The van der Waals surface area contributed by atoms with E-state index in [-0.39, 0.29) is 5.76 Å². The van der Waals surface area contributed by atoms with Gasteiger partial charge in [-0.25, -0.2) is 4.79 Å². The van der Waals surface area contributed by atoms with Gasteiger partial charge in [0.2, 0.25) is 5.76 Å². The largest absolute Gasteiger partial charge is 0.475 e. The fourth-order valence-corrected chi connectivity index (χ4v) is 2.79. The number of aryl methyl sites for hydroxylation is 1. The highest BCUT2D eigenvalue weighted by Crippen LogP contribution is 2.48. The van der Waals surface area contributed by atoms with Crippen molar-refractivity contribution < 1.29 is 14.3 Å². The fourth-order valence-electron chi connectivity index (χ4n) is 2.79. The summed E-state index contributed by atoms with van der Waals surface area (Å²) in [6.07, 6.45) is 2.14. The lowest BCUT2D eigenvalue weighted by molar-refractivity contribution is 0.0663. The third kappa shape index (κ3) is 1.84. The van der Waals surface area contributed by atoms with Gasteiger partial charge in [-0.15, -0.1) is 0 Å². The second-order valence-electron chi connectivity index (χ2n) is 5.75. The summed E-state index contributed by atoms with van der Waals surface area (Å²) < 4.78 is 5.74. The van der Waals surface area contributed by atoms with Crippen molar-refractivity contribution in [3.05, 3.63) is 34.6 Å². The van der Waals surface area contributed by atoms with Crippen LogP contribution in [0.1, 0.15) is 65.8 Å². The molecule has 3 heteroatoms. The molecule has 3 nitrogen and oxygen atoms in total. The Morgan fingerprint density at radius 1 is 1.37 bits per heavy atom. The van der Waals surface area contributed by atoms with E-state index in [1.807, 2.05) is 13.0 Å². The maximum absolute atomic E-state index is 11.4. The van der Waals surface area contributed by atoms with E-state index in [9.17, 15) is 9.90 Å². The van der Waals surface area contributed by atoms with Gasteiger partial charge >= 0.3 is 5.97 Å². The van der Waals surface area contributed by atoms with Gasteiger partial charge < -0.3 is 9.52 Å². The maximum atomic E-state index is 11.4. The molecule has 100 valence electrons. The van der Waals surface area contributed by atoms with Gasteiger partial charge in [-0.3, -0.25) is 0 Å². The highest BCUT2D eigenvalue weighted by molar-refractivity contribution is 5.98. The Morgan fingerprint density at radius 2 is 2.05 bits per heavy atom. The number of fused-ring (bicyclic) bond motifs is 1. The topological polar surface area (TPSA) is 50.4 Å². The number of hydrogen-bond acceptors (Lipinski definition) is 2. The van der Waals surface area contributed by atoms with Crippen LogP contribution in [0.5, 0.6) is 0 Å². The molecule has 0 unspecified atom stereocenters. The van der Waals surface area contributed by atoms with Crippen LogP contribution in [0.3, 0.4) is 0 Å². The molecule has 1 aromatic carbocycles. The molecular formula is C16H18O3. The van der Waals surface area contributed by atoms with Crippen molar-refractivity contribution in [3.63, 3.8) is 0 Å². The van der Waals surface area contributed by atoms with E-state index in [4.69, 9.17) is 4.42 Å². The molecule has 3 rings (SSSR count). The third-order valence-corrected chi connectivity index (χ3v) is 3.92. The molecule has 0 amide bonds. The average molecular weight is 258 g/mol. The zero-order valence-electron chi connectivity index (χ0n) is 11.5. The quantitative estimate of drug-likeness (QED) is 0.885. The van der Waals surface area contributed by atoms with E-state index < -0.39 is 5.97 Å². The second kappa shape index (κ2) is 4.12. The first-order chi connectivity index (χ1) is 9.00. The van der Waals surface area contributed by atoms with Crippen molar-refractivity contribution in [2.75, 3.05) is 0 Å². The predicted octanol–water partition coefficient (Wildman–Crippen LogP) is 4.44. The number of aromatic carboxylic acids is 1. The minimum atomic E-state index is -0.952. The SMILES string of the molecule is Cc1ccc(C(C)C)c2oc(C(=O)O)c(C3CC3)c12. The molecule has 1 saturated carbocycles. The van der Waals surface area contributed by atoms with E-state index in [0.717, 1.165) is 40.5 Å². The third-order valence-electron chi connectivity index (χ3n) is 3.92. The van der Waals surface area contributed by atoms with Crippen molar-refractivity contribution in [2.45, 2.75) is 45.4 Å². The first kappa shape index (κ1) is 12.3. The Kier molecular flexibility index (Phi) is 2.66. The molecule has 0 radical (unpaired) electrons. The van der Waals surface area contributed by atoms with Gasteiger partial charge in [-0.05, 0) is 42.7 Å². The summed E-state index contributed by atoms with van der Waals surface area (Å²) in [7, 11) is 0. The number of hydrogen-bond donors (Lipinski definition) is 1. The van der Waals surface area contributed by atoms with E-state index in [1.54, 1.807) is 0 Å². The van der Waals surface area contributed by atoms with Crippen LogP contribution in [-0.2, 0) is 0 Å². The molecule has 0 saturated heterocycles. The Hall–Kier alpha value is -1.77. The second-order valence-corrected chi connectivity index (χ2v) is 5.75. The fraction of sp³-hybridized carbons (Fsp3) is 0.438. The molecule has 2 aromatic rings. The maximum Gasteiger partial charge on any atom is 0.372 e. The van der Waals surface area contributed by atoms with Crippen LogP contribution in [0.15, 0.2) is 16.5 Å². The molecule has 1 aromatic heterocycles. The van der Waals surface area contributed by atoms with Gasteiger partial charge in [0.15, 0.2) is 0 Å². The minimum Gasteiger partial charge on any atom is -0.475 e. The lowest BCUT2D eigenvalue weighted by atomic mass is 9.95. The number of rotatable bonds is 3. The molecule has 1 aliphatic carbocycles. The van der Waals surface area contributed by atoms with Crippen LogP contribution < -0.4 is 0 Å². The molecule has 0 atom stereocenters. The number of furan rings is 1. The molecular weight excluding hydrogens is 240 g/mol. The van der Waals surface area contributed by atoms with Crippen molar-refractivity contribution in [1.29, 1.82) is 0 Å². The van der Waals surface area contributed by atoms with Gasteiger partial charge in [0, 0.05) is 10.9 Å². The lowest BCUT2D eigenvalue weighted by Crippen LogP contribution is -1.97. The Bertz CT molecular complexity index is 660. The smallest absolute Gasteiger partial charge is 0.372 e. The van der Waals surface area contributed by atoms with E-state index in [0.29, 0.717) is 11.8 Å². The van der Waals surface area contributed by atoms with Crippen molar-refractivity contribution >= 4 is 16.9 Å². The molecule has 1 heterocycles. The number of benzene rings is 1. The highest BCUT2D eigenvalue weighted by atomic mass is 16.4. The zero-order chi connectivity index (χ0) is 13.7. The van der Waals surface area contributed by atoms with Crippen LogP contribution in [0.4, 0.5) is 0 Å². The summed E-state index contributed by atoms with van der Waals surface area (Å²) in [5.74, 6) is -0.114. The molecule has 1 fully saturated rings. The average Bonchev–Trinajstić information content (AvgIpc) is 3.09. The van der Waals surface area contributed by atoms with Crippen LogP contribution in [0, 0.1) is 6.92 Å². The van der Waals surface area contributed by atoms with Gasteiger partial charge in [-0.2, -0.15) is 0 Å². The Labute approximate surface area is 112 Å². The predicted molar refractivity (Wildman–Crippen MR) is 74.0 cm³/mol. The molecule has 19 heavy (non-hydrogen) atoms. The molecule has 1 aliphatic rings. The van der Waals surface area contributed by atoms with Crippen LogP contribution in [0.2, 0.25) is 0 Å².